The SMILES string of the molecule is C=C1C(=O)C(=O)C(=O)C(=O)C1=O. The zero-order chi connectivity index (χ0) is 9.46. The quantitative estimate of drug-likeness (QED) is 0.246. The minimum Gasteiger partial charge on any atom is -0.285 e. The monoisotopic (exact) mass is 166 g/mol. The highest BCUT2D eigenvalue weighted by Crippen LogP contribution is 2.05. The Hall–Kier alpha value is -1.91. The van der Waals surface area contributed by atoms with Gasteiger partial charge in [0.2, 0.25) is 11.6 Å². The summed E-state index contributed by atoms with van der Waals surface area (Å²) in [6, 6.07) is 0. The number of hydrogen-bond donors (Lipinski definition) is 0. The number of allylic oxidation sites excluding steroid dienone is 1. The van der Waals surface area contributed by atoms with Crippen LogP contribution in [0.15, 0.2) is 12.2 Å². The van der Waals surface area contributed by atoms with Crippen LogP contribution in [0.2, 0.25) is 0 Å². The van der Waals surface area contributed by atoms with E-state index in [2.05, 4.69) is 6.58 Å². The van der Waals surface area contributed by atoms with E-state index in [9.17, 15) is 24.0 Å². The molecular formula is C7H2O5. The molecule has 1 fully saturated rings. The van der Waals surface area contributed by atoms with Gasteiger partial charge in [0.1, 0.15) is 0 Å². The number of hydrogen-bond acceptors (Lipinski definition) is 5. The number of Topliss-reactive ketones (excluding diaryl/α,β-unsaturated/α-hetero) is 5. The molecule has 0 bridgehead atoms. The van der Waals surface area contributed by atoms with Gasteiger partial charge in [-0.1, -0.05) is 6.58 Å². The first-order chi connectivity index (χ1) is 5.46. The van der Waals surface area contributed by atoms with Crippen molar-refractivity contribution in [1.29, 1.82) is 0 Å². The zero-order valence-corrected chi connectivity index (χ0v) is 5.75. The average molecular weight is 166 g/mol. The Morgan fingerprint density at radius 3 is 1.17 bits per heavy atom. The van der Waals surface area contributed by atoms with Crippen molar-refractivity contribution in [3.05, 3.63) is 12.2 Å². The molecule has 0 amide bonds. The van der Waals surface area contributed by atoms with E-state index >= 15 is 0 Å². The van der Waals surface area contributed by atoms with Gasteiger partial charge in [-0.05, 0) is 0 Å². The van der Waals surface area contributed by atoms with Crippen molar-refractivity contribution in [2.24, 2.45) is 0 Å². The number of carbonyl (C=O) groups is 5. The van der Waals surface area contributed by atoms with Gasteiger partial charge in [0, 0.05) is 0 Å². The van der Waals surface area contributed by atoms with Crippen LogP contribution in [0.4, 0.5) is 0 Å². The van der Waals surface area contributed by atoms with Gasteiger partial charge >= 0.3 is 0 Å². The molecule has 60 valence electrons. The molecule has 0 atom stereocenters. The summed E-state index contributed by atoms with van der Waals surface area (Å²) in [6.07, 6.45) is 0. The van der Waals surface area contributed by atoms with Crippen LogP contribution >= 0.6 is 0 Å². The second kappa shape index (κ2) is 2.30. The third-order valence-electron chi connectivity index (χ3n) is 1.37. The third-order valence-corrected chi connectivity index (χ3v) is 1.37. The van der Waals surface area contributed by atoms with Crippen LogP contribution in [-0.2, 0) is 24.0 Å². The lowest BCUT2D eigenvalue weighted by Crippen LogP contribution is -2.43. The van der Waals surface area contributed by atoms with Gasteiger partial charge in [-0.25, -0.2) is 0 Å². The van der Waals surface area contributed by atoms with E-state index in [1.807, 2.05) is 0 Å². The van der Waals surface area contributed by atoms with E-state index in [1.54, 1.807) is 0 Å². The van der Waals surface area contributed by atoms with Gasteiger partial charge in [-0.15, -0.1) is 0 Å². The minimum atomic E-state index is -1.57. The van der Waals surface area contributed by atoms with Gasteiger partial charge in [-0.2, -0.15) is 0 Å². The van der Waals surface area contributed by atoms with Crippen molar-refractivity contribution in [2.75, 3.05) is 0 Å². The molecule has 1 aliphatic rings. The maximum Gasteiger partial charge on any atom is 0.281 e. The van der Waals surface area contributed by atoms with Gasteiger partial charge in [0.15, 0.2) is 0 Å². The molecule has 0 aromatic heterocycles. The summed E-state index contributed by atoms with van der Waals surface area (Å²) in [5.74, 6) is -7.11. The largest absolute Gasteiger partial charge is 0.285 e. The Bertz CT molecular complexity index is 243. The van der Waals surface area contributed by atoms with Gasteiger partial charge in [0.25, 0.3) is 17.3 Å². The first-order valence-electron chi connectivity index (χ1n) is 2.87. The smallest absolute Gasteiger partial charge is 0.281 e. The van der Waals surface area contributed by atoms with Crippen molar-refractivity contribution < 1.29 is 24.0 Å². The van der Waals surface area contributed by atoms with E-state index in [1.165, 1.54) is 0 Å². The van der Waals surface area contributed by atoms with Crippen molar-refractivity contribution in [1.82, 2.24) is 0 Å². The normalized spacial score (nSPS) is 19.0. The number of carbonyl (C=O) groups excluding carboxylic acids is 5. The average Bonchev–Trinajstić information content (AvgIpc) is 2.08. The van der Waals surface area contributed by atoms with E-state index < -0.39 is 34.5 Å². The van der Waals surface area contributed by atoms with Gasteiger partial charge in [-0.3, -0.25) is 24.0 Å². The fourth-order valence-corrected chi connectivity index (χ4v) is 0.687. The summed E-state index contributed by atoms with van der Waals surface area (Å²) in [7, 11) is 0. The molecule has 0 N–H and O–H groups in total. The molecule has 0 saturated heterocycles. The van der Waals surface area contributed by atoms with Gasteiger partial charge < -0.3 is 0 Å². The molecule has 0 heterocycles. The van der Waals surface area contributed by atoms with Crippen LogP contribution in [0.1, 0.15) is 0 Å². The number of rotatable bonds is 0. The van der Waals surface area contributed by atoms with E-state index in [4.69, 9.17) is 0 Å². The molecule has 0 spiro atoms. The Morgan fingerprint density at radius 1 is 0.583 bits per heavy atom. The summed E-state index contributed by atoms with van der Waals surface area (Å²) in [5, 5.41) is 0. The molecule has 1 saturated carbocycles. The summed E-state index contributed by atoms with van der Waals surface area (Å²) in [5.41, 5.74) is -0.732. The highest BCUT2D eigenvalue weighted by molar-refractivity contribution is 6.95. The predicted octanol–water partition coefficient (Wildman–Crippen LogP) is -1.60. The lowest BCUT2D eigenvalue weighted by Gasteiger charge is -2.05. The van der Waals surface area contributed by atoms with Crippen LogP contribution in [-0.4, -0.2) is 28.9 Å². The fourth-order valence-electron chi connectivity index (χ4n) is 0.687. The van der Waals surface area contributed by atoms with Crippen LogP contribution < -0.4 is 0 Å². The molecule has 12 heavy (non-hydrogen) atoms. The van der Waals surface area contributed by atoms with Crippen LogP contribution in [0.25, 0.3) is 0 Å². The predicted molar refractivity (Wildman–Crippen MR) is 34.2 cm³/mol. The standard InChI is InChI=1S/C7H2O5/c1-2-3(8)5(10)7(12)6(11)4(2)9/h1H2. The Balaban J connectivity index is 3.25. The Kier molecular flexibility index (Phi) is 1.57. The van der Waals surface area contributed by atoms with Crippen molar-refractivity contribution in [2.45, 2.75) is 0 Å². The first kappa shape index (κ1) is 8.19. The molecule has 1 aliphatic carbocycles. The fraction of sp³-hybridized carbons (Fsp3) is 0. The Morgan fingerprint density at radius 2 is 0.833 bits per heavy atom. The summed E-state index contributed by atoms with van der Waals surface area (Å²) in [6.45, 7) is 2.92. The van der Waals surface area contributed by atoms with Crippen LogP contribution in [0, 0.1) is 0 Å². The molecule has 0 aromatic rings. The maximum atomic E-state index is 10.6. The third kappa shape index (κ3) is 0.833. The molecule has 5 heteroatoms. The minimum absolute atomic E-state index is 0.732. The summed E-state index contributed by atoms with van der Waals surface area (Å²) < 4.78 is 0. The second-order valence-electron chi connectivity index (χ2n) is 2.12. The van der Waals surface area contributed by atoms with Crippen LogP contribution in [0.3, 0.4) is 0 Å². The topological polar surface area (TPSA) is 85.3 Å². The highest BCUT2D eigenvalue weighted by Gasteiger charge is 2.43. The molecule has 0 radical (unpaired) electrons. The van der Waals surface area contributed by atoms with Gasteiger partial charge in [0.05, 0.1) is 5.57 Å². The van der Waals surface area contributed by atoms with Crippen molar-refractivity contribution in [3.63, 3.8) is 0 Å². The van der Waals surface area contributed by atoms with Crippen molar-refractivity contribution >= 4 is 28.9 Å². The molecule has 0 aromatic carbocycles. The summed E-state index contributed by atoms with van der Waals surface area (Å²) in [4.78, 5) is 52.9. The van der Waals surface area contributed by atoms with Crippen molar-refractivity contribution in [3.8, 4) is 0 Å². The molecule has 0 unspecified atom stereocenters. The highest BCUT2D eigenvalue weighted by atomic mass is 16.2. The zero-order valence-electron chi connectivity index (χ0n) is 5.75. The molecule has 5 nitrogen and oxygen atoms in total. The lowest BCUT2D eigenvalue weighted by atomic mass is 9.90. The van der Waals surface area contributed by atoms with E-state index in [0.29, 0.717) is 0 Å². The maximum absolute atomic E-state index is 10.6. The van der Waals surface area contributed by atoms with E-state index in [0.717, 1.165) is 0 Å². The molecule has 0 aliphatic heterocycles. The van der Waals surface area contributed by atoms with Crippen LogP contribution in [0.5, 0.6) is 0 Å². The van der Waals surface area contributed by atoms with E-state index in [-0.39, 0.29) is 0 Å². The number of ketones is 5. The molecule has 1 rings (SSSR count). The Labute approximate surface area is 66.0 Å². The summed E-state index contributed by atoms with van der Waals surface area (Å²) >= 11 is 0. The lowest BCUT2D eigenvalue weighted by molar-refractivity contribution is -0.152. The molecular weight excluding hydrogens is 164 g/mol. The first-order valence-corrected chi connectivity index (χ1v) is 2.87. The second-order valence-corrected chi connectivity index (χ2v) is 2.12.